The molecule has 0 bridgehead atoms. The van der Waals surface area contributed by atoms with Crippen LogP contribution in [0.25, 0.3) is 10.1 Å². The number of hydrogen-bond acceptors (Lipinski definition) is 1. The van der Waals surface area contributed by atoms with E-state index >= 15 is 0 Å². The van der Waals surface area contributed by atoms with E-state index in [2.05, 4.69) is 29.6 Å². The molecule has 0 spiro atoms. The van der Waals surface area contributed by atoms with Crippen LogP contribution >= 0.6 is 11.3 Å². The minimum absolute atomic E-state index is 0.939. The molecule has 0 fully saturated rings. The summed E-state index contributed by atoms with van der Waals surface area (Å²) in [6, 6.07) is 8.68. The lowest BCUT2D eigenvalue weighted by Gasteiger charge is -2.10. The van der Waals surface area contributed by atoms with Crippen LogP contribution in [0.2, 0.25) is 0 Å². The third kappa shape index (κ3) is 1.10. The Morgan fingerprint density at radius 1 is 1.23 bits per heavy atom. The Morgan fingerprint density at radius 3 is 3.15 bits per heavy atom. The minimum Gasteiger partial charge on any atom is -0.236 e. The Balaban J connectivity index is 2.34. The second-order valence-electron chi connectivity index (χ2n) is 3.36. The normalized spacial score (nSPS) is 16.0. The second kappa shape index (κ2) is 2.82. The zero-order valence-corrected chi connectivity index (χ0v) is 8.10. The fourth-order valence-corrected chi connectivity index (χ4v) is 3.13. The van der Waals surface area contributed by atoms with Gasteiger partial charge in [0.1, 0.15) is 0 Å². The smallest absolute Gasteiger partial charge is 0.0481 e. The average Bonchev–Trinajstić information content (AvgIpc) is 2.56. The first-order chi connectivity index (χ1) is 6.45. The highest BCUT2D eigenvalue weighted by atomic mass is 32.1. The van der Waals surface area contributed by atoms with Crippen molar-refractivity contribution in [2.75, 3.05) is 6.54 Å². The summed E-state index contributed by atoms with van der Waals surface area (Å²) in [5.41, 5.74) is 1.55. The van der Waals surface area contributed by atoms with Crippen molar-refractivity contribution in [3.63, 3.8) is 0 Å². The van der Waals surface area contributed by atoms with Gasteiger partial charge in [-0.25, -0.2) is 5.32 Å². The third-order valence-electron chi connectivity index (χ3n) is 2.56. The van der Waals surface area contributed by atoms with Gasteiger partial charge in [0.05, 0.1) is 0 Å². The molecule has 1 aromatic heterocycles. The first-order valence-electron chi connectivity index (χ1n) is 4.58. The van der Waals surface area contributed by atoms with E-state index in [0.717, 1.165) is 19.5 Å². The molecule has 1 aliphatic heterocycles. The van der Waals surface area contributed by atoms with Gasteiger partial charge < -0.3 is 0 Å². The summed E-state index contributed by atoms with van der Waals surface area (Å²) in [5.74, 6) is 0. The summed E-state index contributed by atoms with van der Waals surface area (Å²) < 4.78 is 1.42. The largest absolute Gasteiger partial charge is 0.236 e. The van der Waals surface area contributed by atoms with Crippen molar-refractivity contribution in [3.8, 4) is 0 Å². The van der Waals surface area contributed by atoms with E-state index in [-0.39, 0.29) is 0 Å². The molecule has 0 atom stereocenters. The molecule has 1 radical (unpaired) electrons. The van der Waals surface area contributed by atoms with Crippen molar-refractivity contribution >= 4 is 21.4 Å². The van der Waals surface area contributed by atoms with Crippen LogP contribution in [-0.2, 0) is 13.0 Å². The minimum atomic E-state index is 0.939. The topological polar surface area (TPSA) is 14.1 Å². The molecule has 0 saturated heterocycles. The van der Waals surface area contributed by atoms with Gasteiger partial charge in [-0.1, -0.05) is 18.2 Å². The van der Waals surface area contributed by atoms with Gasteiger partial charge in [0.15, 0.2) is 0 Å². The van der Waals surface area contributed by atoms with E-state index in [0.29, 0.717) is 0 Å². The summed E-state index contributed by atoms with van der Waals surface area (Å²) in [7, 11) is 0. The molecule has 3 rings (SSSR count). The van der Waals surface area contributed by atoms with Crippen molar-refractivity contribution in [2.24, 2.45) is 0 Å². The standard InChI is InChI=1S/C11H10NS/c1-2-4-10-8(3-1)9-5-6-12-7-11(9)13-10/h1-4H,5-7H2. The van der Waals surface area contributed by atoms with Crippen LogP contribution in [0.15, 0.2) is 24.3 Å². The molecule has 0 N–H and O–H groups in total. The maximum atomic E-state index is 4.42. The van der Waals surface area contributed by atoms with Crippen LogP contribution in [0.1, 0.15) is 10.4 Å². The van der Waals surface area contributed by atoms with Gasteiger partial charge in [-0.05, 0) is 23.4 Å². The maximum absolute atomic E-state index is 4.42. The van der Waals surface area contributed by atoms with Crippen molar-refractivity contribution in [3.05, 3.63) is 34.7 Å². The Morgan fingerprint density at radius 2 is 2.15 bits per heavy atom. The SMILES string of the molecule is c1ccc2c3c(sc2c1)C[N]CC3. The number of hydrogen-bond donors (Lipinski definition) is 0. The third-order valence-corrected chi connectivity index (χ3v) is 3.76. The molecule has 1 aromatic carbocycles. The Kier molecular flexibility index (Phi) is 1.64. The van der Waals surface area contributed by atoms with E-state index in [4.69, 9.17) is 0 Å². The lowest BCUT2D eigenvalue weighted by molar-refractivity contribution is 0.643. The van der Waals surface area contributed by atoms with Crippen LogP contribution in [0.5, 0.6) is 0 Å². The lowest BCUT2D eigenvalue weighted by atomic mass is 10.1. The number of nitrogens with zero attached hydrogens (tertiary/aromatic N) is 1. The van der Waals surface area contributed by atoms with Crippen LogP contribution in [-0.4, -0.2) is 6.54 Å². The van der Waals surface area contributed by atoms with Gasteiger partial charge in [-0.2, -0.15) is 0 Å². The van der Waals surface area contributed by atoms with Gasteiger partial charge in [0.25, 0.3) is 0 Å². The number of fused-ring (bicyclic) bond motifs is 3. The first kappa shape index (κ1) is 7.54. The zero-order valence-electron chi connectivity index (χ0n) is 7.29. The predicted octanol–water partition coefficient (Wildman–Crippen LogP) is 2.56. The zero-order chi connectivity index (χ0) is 8.67. The number of rotatable bonds is 0. The molecule has 1 nitrogen and oxygen atoms in total. The fraction of sp³-hybridized carbons (Fsp3) is 0.273. The summed E-state index contributed by atoms with van der Waals surface area (Å²) >= 11 is 1.91. The van der Waals surface area contributed by atoms with Gasteiger partial charge in [0, 0.05) is 22.7 Å². The molecule has 13 heavy (non-hydrogen) atoms. The Hall–Kier alpha value is -0.860. The monoisotopic (exact) mass is 188 g/mol. The molecule has 65 valence electrons. The maximum Gasteiger partial charge on any atom is 0.0481 e. The molecule has 1 aliphatic rings. The summed E-state index contributed by atoms with van der Waals surface area (Å²) in [6.07, 6.45) is 1.14. The molecule has 2 heterocycles. The Bertz CT molecular complexity index is 444. The average molecular weight is 188 g/mol. The molecule has 0 aliphatic carbocycles. The predicted molar refractivity (Wildman–Crippen MR) is 56.2 cm³/mol. The van der Waals surface area contributed by atoms with Crippen LogP contribution in [0.4, 0.5) is 0 Å². The van der Waals surface area contributed by atoms with E-state index in [1.54, 1.807) is 5.56 Å². The molecule has 2 heteroatoms. The van der Waals surface area contributed by atoms with Crippen molar-refractivity contribution in [1.82, 2.24) is 5.32 Å². The summed E-state index contributed by atoms with van der Waals surface area (Å²) in [4.78, 5) is 1.48. The van der Waals surface area contributed by atoms with Crippen molar-refractivity contribution in [1.29, 1.82) is 0 Å². The van der Waals surface area contributed by atoms with Gasteiger partial charge in [-0.15, -0.1) is 11.3 Å². The van der Waals surface area contributed by atoms with Gasteiger partial charge in [0.2, 0.25) is 0 Å². The highest BCUT2D eigenvalue weighted by molar-refractivity contribution is 7.19. The summed E-state index contributed by atoms with van der Waals surface area (Å²) in [6.45, 7) is 1.95. The second-order valence-corrected chi connectivity index (χ2v) is 4.49. The van der Waals surface area contributed by atoms with Gasteiger partial charge in [-0.3, -0.25) is 0 Å². The molecule has 0 unspecified atom stereocenters. The van der Waals surface area contributed by atoms with E-state index in [1.807, 2.05) is 11.3 Å². The lowest BCUT2D eigenvalue weighted by Crippen LogP contribution is -2.15. The van der Waals surface area contributed by atoms with Crippen LogP contribution < -0.4 is 5.32 Å². The highest BCUT2D eigenvalue weighted by Crippen LogP contribution is 2.33. The summed E-state index contributed by atoms with van der Waals surface area (Å²) in [5, 5.41) is 5.88. The van der Waals surface area contributed by atoms with Crippen LogP contribution in [0.3, 0.4) is 0 Å². The van der Waals surface area contributed by atoms with E-state index in [1.165, 1.54) is 15.0 Å². The molecular formula is C11H10NS. The fourth-order valence-electron chi connectivity index (χ4n) is 1.92. The quantitative estimate of drug-likeness (QED) is 0.603. The molecule has 0 saturated carbocycles. The number of thiophene rings is 1. The highest BCUT2D eigenvalue weighted by Gasteiger charge is 2.14. The first-order valence-corrected chi connectivity index (χ1v) is 5.39. The number of benzene rings is 1. The van der Waals surface area contributed by atoms with Crippen molar-refractivity contribution < 1.29 is 0 Å². The van der Waals surface area contributed by atoms with E-state index < -0.39 is 0 Å². The Labute approximate surface area is 81.4 Å². The molecular weight excluding hydrogens is 178 g/mol. The van der Waals surface area contributed by atoms with E-state index in [9.17, 15) is 0 Å². The molecule has 2 aromatic rings. The van der Waals surface area contributed by atoms with Gasteiger partial charge >= 0.3 is 0 Å². The van der Waals surface area contributed by atoms with Crippen molar-refractivity contribution in [2.45, 2.75) is 13.0 Å². The molecule has 0 amide bonds. The van der Waals surface area contributed by atoms with Crippen LogP contribution in [0, 0.1) is 0 Å².